The molecule has 0 saturated carbocycles. The zero-order chi connectivity index (χ0) is 13.6. The van der Waals surface area contributed by atoms with Gasteiger partial charge in [0.25, 0.3) is 0 Å². The molecule has 3 N–H and O–H groups in total. The zero-order valence-electron chi connectivity index (χ0n) is 10.5. The Balaban J connectivity index is 2.54. The average Bonchev–Trinajstić information content (AvgIpc) is 2.43. The Morgan fingerprint density at radius 1 is 1.00 bits per heavy atom. The second-order valence-electron chi connectivity index (χ2n) is 4.64. The number of hydrogen-bond donors (Lipinski definition) is 3. The maximum absolute atomic E-state index is 9.96. The van der Waals surface area contributed by atoms with Crippen molar-refractivity contribution in [2.24, 2.45) is 7.05 Å². The largest absolute Gasteiger partial charge is 0.504 e. The van der Waals surface area contributed by atoms with Gasteiger partial charge in [0, 0.05) is 11.5 Å². The highest BCUT2D eigenvalue weighted by Crippen LogP contribution is 2.35. The minimum atomic E-state index is -0.134. The van der Waals surface area contributed by atoms with E-state index in [-0.39, 0.29) is 18.1 Å². The van der Waals surface area contributed by atoms with E-state index in [9.17, 15) is 15.3 Å². The van der Waals surface area contributed by atoms with E-state index in [1.54, 1.807) is 12.3 Å². The van der Waals surface area contributed by atoms with Gasteiger partial charge in [0.2, 0.25) is 5.52 Å². The maximum Gasteiger partial charge on any atom is 0.212 e. The number of nitrogens with zero attached hydrogens (tertiary/aromatic N) is 1. The topological polar surface area (TPSA) is 64.6 Å². The van der Waals surface area contributed by atoms with Crippen LogP contribution in [0.2, 0.25) is 0 Å². The van der Waals surface area contributed by atoms with E-state index in [2.05, 4.69) is 0 Å². The molecule has 3 rings (SSSR count). The lowest BCUT2D eigenvalue weighted by molar-refractivity contribution is -0.643. The summed E-state index contributed by atoms with van der Waals surface area (Å²) in [5, 5.41) is 31.1. The Bertz CT molecular complexity index is 796. The maximum atomic E-state index is 9.96. The van der Waals surface area contributed by atoms with Gasteiger partial charge in [-0.1, -0.05) is 6.07 Å². The van der Waals surface area contributed by atoms with Gasteiger partial charge in [-0.3, -0.25) is 0 Å². The number of fused-ring (bicyclic) bond motifs is 3. The fraction of sp³-hybridized carbons (Fsp3) is 0.133. The molecule has 0 fully saturated rings. The quantitative estimate of drug-likeness (QED) is 0.353. The summed E-state index contributed by atoms with van der Waals surface area (Å²) in [6.07, 6.45) is 1.78. The van der Waals surface area contributed by atoms with Crippen LogP contribution < -0.4 is 4.57 Å². The third kappa shape index (κ3) is 1.69. The molecule has 2 aromatic carbocycles. The molecule has 0 aliphatic carbocycles. The van der Waals surface area contributed by atoms with Crippen molar-refractivity contribution in [2.45, 2.75) is 6.61 Å². The molecule has 4 nitrogen and oxygen atoms in total. The number of aromatic nitrogens is 1. The Labute approximate surface area is 109 Å². The number of aromatic hydroxyl groups is 2. The van der Waals surface area contributed by atoms with Gasteiger partial charge in [-0.15, -0.1) is 0 Å². The van der Waals surface area contributed by atoms with Gasteiger partial charge in [-0.2, -0.15) is 0 Å². The van der Waals surface area contributed by atoms with Gasteiger partial charge < -0.3 is 15.3 Å². The van der Waals surface area contributed by atoms with E-state index < -0.39 is 0 Å². The lowest BCUT2D eigenvalue weighted by Gasteiger charge is -2.06. The number of aryl methyl sites for hydroxylation is 1. The number of pyridine rings is 1. The summed E-state index contributed by atoms with van der Waals surface area (Å²) in [6.45, 7) is -0.0277. The fourth-order valence-corrected chi connectivity index (χ4v) is 2.43. The van der Waals surface area contributed by atoms with Crippen LogP contribution in [0.25, 0.3) is 21.7 Å². The van der Waals surface area contributed by atoms with Gasteiger partial charge in [0.15, 0.2) is 17.7 Å². The third-order valence-electron chi connectivity index (χ3n) is 3.43. The monoisotopic (exact) mass is 256 g/mol. The fourth-order valence-electron chi connectivity index (χ4n) is 2.43. The molecule has 0 amide bonds. The highest BCUT2D eigenvalue weighted by molar-refractivity contribution is 6.06. The molecule has 0 atom stereocenters. The highest BCUT2D eigenvalue weighted by Gasteiger charge is 2.15. The van der Waals surface area contributed by atoms with Crippen LogP contribution in [0.3, 0.4) is 0 Å². The van der Waals surface area contributed by atoms with E-state index in [0.717, 1.165) is 21.9 Å². The molecule has 1 aromatic heterocycles. The Morgan fingerprint density at radius 3 is 2.53 bits per heavy atom. The summed E-state index contributed by atoms with van der Waals surface area (Å²) < 4.78 is 1.89. The lowest BCUT2D eigenvalue weighted by atomic mass is 10.0. The first-order valence-corrected chi connectivity index (χ1v) is 5.98. The summed E-state index contributed by atoms with van der Waals surface area (Å²) in [5.41, 5.74) is 1.81. The van der Waals surface area contributed by atoms with Crippen molar-refractivity contribution in [3.63, 3.8) is 0 Å². The van der Waals surface area contributed by atoms with Crippen molar-refractivity contribution in [3.8, 4) is 11.5 Å². The zero-order valence-corrected chi connectivity index (χ0v) is 10.5. The van der Waals surface area contributed by atoms with Crippen LogP contribution in [0.4, 0.5) is 0 Å². The second-order valence-corrected chi connectivity index (χ2v) is 4.64. The third-order valence-corrected chi connectivity index (χ3v) is 3.43. The molecule has 19 heavy (non-hydrogen) atoms. The molecule has 3 aromatic rings. The first kappa shape index (κ1) is 11.7. The van der Waals surface area contributed by atoms with E-state index >= 15 is 0 Å². The summed E-state index contributed by atoms with van der Waals surface area (Å²) in [4.78, 5) is 0. The van der Waals surface area contributed by atoms with Crippen LogP contribution in [-0.4, -0.2) is 15.3 Å². The molecule has 0 unspecified atom stereocenters. The van der Waals surface area contributed by atoms with E-state index in [0.29, 0.717) is 5.39 Å². The Morgan fingerprint density at radius 2 is 1.79 bits per heavy atom. The van der Waals surface area contributed by atoms with Gasteiger partial charge in [0.05, 0.1) is 17.4 Å². The van der Waals surface area contributed by atoms with Gasteiger partial charge in [-0.05, 0) is 23.8 Å². The normalized spacial score (nSPS) is 11.3. The number of phenolic OH excluding ortho intramolecular Hbond substituents is 2. The van der Waals surface area contributed by atoms with Crippen LogP contribution in [0.15, 0.2) is 36.5 Å². The molecule has 96 valence electrons. The van der Waals surface area contributed by atoms with Crippen molar-refractivity contribution in [2.75, 3.05) is 0 Å². The number of aliphatic hydroxyl groups is 1. The van der Waals surface area contributed by atoms with Gasteiger partial charge in [-0.25, -0.2) is 4.57 Å². The van der Waals surface area contributed by atoms with Crippen LogP contribution in [-0.2, 0) is 13.7 Å². The summed E-state index contributed by atoms with van der Waals surface area (Å²) in [5.74, 6) is -0.255. The predicted molar refractivity (Wildman–Crippen MR) is 71.9 cm³/mol. The van der Waals surface area contributed by atoms with Gasteiger partial charge >= 0.3 is 0 Å². The minimum Gasteiger partial charge on any atom is -0.504 e. The highest BCUT2D eigenvalue weighted by atomic mass is 16.3. The van der Waals surface area contributed by atoms with Crippen LogP contribution >= 0.6 is 0 Å². The van der Waals surface area contributed by atoms with Crippen LogP contribution in [0, 0.1) is 0 Å². The number of benzene rings is 2. The molecule has 0 radical (unpaired) electrons. The van der Waals surface area contributed by atoms with E-state index in [1.807, 2.05) is 29.8 Å². The van der Waals surface area contributed by atoms with Crippen molar-refractivity contribution in [3.05, 3.63) is 42.1 Å². The second kappa shape index (κ2) is 4.10. The van der Waals surface area contributed by atoms with Crippen molar-refractivity contribution >= 4 is 21.7 Å². The SMILES string of the molecule is C[n+]1cc2c(O)c(O)ccc2c2cc(CO)ccc21. The molecule has 0 spiro atoms. The predicted octanol–water partition coefficient (Wildman–Crippen LogP) is 1.72. The number of rotatable bonds is 1. The molecule has 0 aliphatic heterocycles. The number of hydrogen-bond acceptors (Lipinski definition) is 3. The van der Waals surface area contributed by atoms with Crippen molar-refractivity contribution in [1.29, 1.82) is 0 Å². The summed E-state index contributed by atoms with van der Waals surface area (Å²) in [7, 11) is 1.88. The first-order valence-electron chi connectivity index (χ1n) is 5.98. The molecular formula is C15H14NO3+. The molecule has 1 heterocycles. The summed E-state index contributed by atoms with van der Waals surface area (Å²) in [6, 6.07) is 8.95. The van der Waals surface area contributed by atoms with Crippen LogP contribution in [0.5, 0.6) is 11.5 Å². The average molecular weight is 256 g/mol. The molecule has 0 saturated heterocycles. The Hall–Kier alpha value is -2.33. The number of aliphatic hydroxyl groups excluding tert-OH is 1. The summed E-state index contributed by atoms with van der Waals surface area (Å²) >= 11 is 0. The molecule has 0 bridgehead atoms. The van der Waals surface area contributed by atoms with Gasteiger partial charge in [0.1, 0.15) is 7.05 Å². The smallest absolute Gasteiger partial charge is 0.212 e. The minimum absolute atomic E-state index is 0.0277. The van der Waals surface area contributed by atoms with E-state index in [1.165, 1.54) is 6.07 Å². The van der Waals surface area contributed by atoms with Crippen molar-refractivity contribution < 1.29 is 19.9 Å². The molecule has 4 heteroatoms. The van der Waals surface area contributed by atoms with E-state index in [4.69, 9.17) is 0 Å². The van der Waals surface area contributed by atoms with Crippen LogP contribution in [0.1, 0.15) is 5.56 Å². The Kier molecular flexibility index (Phi) is 2.54. The first-order chi connectivity index (χ1) is 9.11. The number of phenols is 2. The lowest BCUT2D eigenvalue weighted by Crippen LogP contribution is -2.28. The standard InChI is InChI=1S/C15H13NO3/c1-16-7-12-10(3-5-14(18)15(12)19)11-6-9(8-17)2-4-13(11)16/h2-7,17-18H,8H2,1H3/p+1. The molecular weight excluding hydrogens is 242 g/mol. The van der Waals surface area contributed by atoms with Crippen molar-refractivity contribution in [1.82, 2.24) is 0 Å². The molecule has 0 aliphatic rings.